The summed E-state index contributed by atoms with van der Waals surface area (Å²) in [4.78, 5) is 11.7. The molecule has 0 radical (unpaired) electrons. The van der Waals surface area contributed by atoms with Gasteiger partial charge >= 0.3 is 0 Å². The van der Waals surface area contributed by atoms with Gasteiger partial charge in [-0.1, -0.05) is 12.1 Å². The lowest BCUT2D eigenvalue weighted by Crippen LogP contribution is -2.24. The molecule has 0 aliphatic carbocycles. The van der Waals surface area contributed by atoms with E-state index in [2.05, 4.69) is 26.5 Å². The first kappa shape index (κ1) is 17.8. The van der Waals surface area contributed by atoms with Gasteiger partial charge in [-0.25, -0.2) is 5.43 Å². The van der Waals surface area contributed by atoms with Gasteiger partial charge in [-0.3, -0.25) is 4.79 Å². The molecule has 2 aromatic rings. The van der Waals surface area contributed by atoms with Gasteiger partial charge in [0.15, 0.2) is 18.1 Å². The van der Waals surface area contributed by atoms with Crippen LogP contribution >= 0.6 is 15.9 Å². The van der Waals surface area contributed by atoms with Gasteiger partial charge in [-0.2, -0.15) is 5.10 Å². The highest BCUT2D eigenvalue weighted by Gasteiger charge is 2.05. The number of nitrogens with one attached hydrogen (secondary N) is 1. The first-order valence-corrected chi connectivity index (χ1v) is 7.84. The highest BCUT2D eigenvalue weighted by molar-refractivity contribution is 9.10. The number of para-hydroxylation sites is 1. The van der Waals surface area contributed by atoms with Crippen LogP contribution in [-0.4, -0.2) is 32.9 Å². The maximum atomic E-state index is 11.7. The van der Waals surface area contributed by atoms with E-state index in [0.717, 1.165) is 10.0 Å². The minimum Gasteiger partial charge on any atom is -0.493 e. The molecule has 2 aromatic carbocycles. The van der Waals surface area contributed by atoms with Crippen LogP contribution in [0.2, 0.25) is 0 Å². The van der Waals surface area contributed by atoms with E-state index in [-0.39, 0.29) is 12.5 Å². The van der Waals surface area contributed by atoms with Crippen molar-refractivity contribution < 1.29 is 19.0 Å². The molecule has 24 heavy (non-hydrogen) atoms. The second-order valence-electron chi connectivity index (χ2n) is 4.63. The predicted octanol–water partition coefficient (Wildman–Crippen LogP) is 3.00. The molecule has 0 heterocycles. The first-order chi connectivity index (χ1) is 11.6. The molecule has 6 nitrogen and oxygen atoms in total. The molecule has 0 aliphatic heterocycles. The second kappa shape index (κ2) is 8.93. The van der Waals surface area contributed by atoms with Crippen LogP contribution in [0, 0.1) is 0 Å². The van der Waals surface area contributed by atoms with E-state index in [0.29, 0.717) is 17.2 Å². The number of rotatable bonds is 7. The highest BCUT2D eigenvalue weighted by Crippen LogP contribution is 2.26. The van der Waals surface area contributed by atoms with Crippen molar-refractivity contribution in [3.63, 3.8) is 0 Å². The van der Waals surface area contributed by atoms with E-state index in [1.807, 2.05) is 18.2 Å². The molecule has 1 amide bonds. The Labute approximate surface area is 148 Å². The lowest BCUT2D eigenvalue weighted by Gasteiger charge is -2.07. The highest BCUT2D eigenvalue weighted by atomic mass is 79.9. The summed E-state index contributed by atoms with van der Waals surface area (Å²) >= 11 is 3.35. The number of carbonyl (C=O) groups excluding carboxylic acids is 1. The van der Waals surface area contributed by atoms with Gasteiger partial charge in [0, 0.05) is 0 Å². The first-order valence-electron chi connectivity index (χ1n) is 7.05. The second-order valence-corrected chi connectivity index (χ2v) is 5.48. The molecule has 0 saturated carbocycles. The Balaban J connectivity index is 1.87. The van der Waals surface area contributed by atoms with Gasteiger partial charge in [-0.15, -0.1) is 0 Å². The molecular weight excluding hydrogens is 376 g/mol. The van der Waals surface area contributed by atoms with Crippen LogP contribution in [0.1, 0.15) is 5.56 Å². The zero-order chi connectivity index (χ0) is 17.4. The van der Waals surface area contributed by atoms with Crippen LogP contribution < -0.4 is 19.6 Å². The van der Waals surface area contributed by atoms with Crippen molar-refractivity contribution in [3.8, 4) is 17.2 Å². The molecule has 7 heteroatoms. The number of methoxy groups -OCH3 is 2. The summed E-state index contributed by atoms with van der Waals surface area (Å²) in [6.45, 7) is -0.133. The maximum Gasteiger partial charge on any atom is 0.277 e. The molecule has 0 atom stereocenters. The van der Waals surface area contributed by atoms with E-state index < -0.39 is 0 Å². The van der Waals surface area contributed by atoms with Crippen molar-refractivity contribution in [2.75, 3.05) is 20.8 Å². The van der Waals surface area contributed by atoms with E-state index in [4.69, 9.17) is 14.2 Å². The van der Waals surface area contributed by atoms with Crippen LogP contribution in [0.5, 0.6) is 17.2 Å². The van der Waals surface area contributed by atoms with Gasteiger partial charge < -0.3 is 14.2 Å². The molecule has 0 aliphatic rings. The van der Waals surface area contributed by atoms with Gasteiger partial charge in [0.1, 0.15) is 5.75 Å². The summed E-state index contributed by atoms with van der Waals surface area (Å²) in [6.07, 6.45) is 1.51. The van der Waals surface area contributed by atoms with Gasteiger partial charge in [0.25, 0.3) is 5.91 Å². The molecule has 0 fully saturated rings. The molecule has 2 rings (SSSR count). The lowest BCUT2D eigenvalue weighted by atomic mass is 10.2. The molecule has 0 aromatic heterocycles. The van der Waals surface area contributed by atoms with Crippen molar-refractivity contribution in [1.29, 1.82) is 0 Å². The van der Waals surface area contributed by atoms with Crippen LogP contribution in [0.4, 0.5) is 0 Å². The monoisotopic (exact) mass is 392 g/mol. The number of nitrogens with zero attached hydrogens (tertiary/aromatic N) is 1. The molecule has 1 N–H and O–H groups in total. The Hall–Kier alpha value is -2.54. The fourth-order valence-corrected chi connectivity index (χ4v) is 2.25. The number of hydrogen-bond acceptors (Lipinski definition) is 5. The average molecular weight is 393 g/mol. The number of ether oxygens (including phenoxy) is 3. The smallest absolute Gasteiger partial charge is 0.277 e. The Morgan fingerprint density at radius 2 is 1.88 bits per heavy atom. The van der Waals surface area contributed by atoms with E-state index in [9.17, 15) is 4.79 Å². The SMILES string of the molecule is COc1ccc(/C=N/NC(=O)COc2ccccc2Br)cc1OC. The third kappa shape index (κ3) is 4.99. The van der Waals surface area contributed by atoms with Crippen LogP contribution in [-0.2, 0) is 4.79 Å². The lowest BCUT2D eigenvalue weighted by molar-refractivity contribution is -0.123. The minimum atomic E-state index is -0.359. The third-order valence-corrected chi connectivity index (χ3v) is 3.66. The Morgan fingerprint density at radius 1 is 1.12 bits per heavy atom. The Bertz CT molecular complexity index is 734. The number of hydrogen-bond donors (Lipinski definition) is 1. The summed E-state index contributed by atoms with van der Waals surface area (Å²) in [5.41, 5.74) is 3.17. The zero-order valence-corrected chi connectivity index (χ0v) is 14.9. The predicted molar refractivity (Wildman–Crippen MR) is 94.9 cm³/mol. The molecule has 126 valence electrons. The largest absolute Gasteiger partial charge is 0.493 e. The zero-order valence-electron chi connectivity index (χ0n) is 13.3. The molecule has 0 unspecified atom stereocenters. The van der Waals surface area contributed by atoms with Crippen LogP contribution in [0.25, 0.3) is 0 Å². The topological polar surface area (TPSA) is 69.2 Å². The Kier molecular flexibility index (Phi) is 6.62. The van der Waals surface area contributed by atoms with E-state index in [1.54, 1.807) is 38.5 Å². The van der Waals surface area contributed by atoms with E-state index >= 15 is 0 Å². The summed E-state index contributed by atoms with van der Waals surface area (Å²) in [5, 5.41) is 3.89. The number of halogens is 1. The van der Waals surface area contributed by atoms with Crippen LogP contribution in [0.15, 0.2) is 52.0 Å². The summed E-state index contributed by atoms with van der Waals surface area (Å²) in [5.74, 6) is 1.45. The Morgan fingerprint density at radius 3 is 2.58 bits per heavy atom. The van der Waals surface area contributed by atoms with Gasteiger partial charge in [-0.05, 0) is 51.8 Å². The number of amides is 1. The molecule has 0 spiro atoms. The van der Waals surface area contributed by atoms with Gasteiger partial charge in [0.2, 0.25) is 0 Å². The van der Waals surface area contributed by atoms with Crippen molar-refractivity contribution in [3.05, 3.63) is 52.5 Å². The average Bonchev–Trinajstić information content (AvgIpc) is 2.61. The summed E-state index contributed by atoms with van der Waals surface area (Å²) < 4.78 is 16.5. The normalized spacial score (nSPS) is 10.5. The number of hydrazone groups is 1. The third-order valence-electron chi connectivity index (χ3n) is 3.01. The maximum absolute atomic E-state index is 11.7. The summed E-state index contributed by atoms with van der Waals surface area (Å²) in [6, 6.07) is 12.6. The fourth-order valence-electron chi connectivity index (χ4n) is 1.85. The minimum absolute atomic E-state index is 0.133. The number of carbonyl (C=O) groups is 1. The molecular formula is C17H17BrN2O4. The summed E-state index contributed by atoms with van der Waals surface area (Å²) in [7, 11) is 3.12. The van der Waals surface area contributed by atoms with Crippen LogP contribution in [0.3, 0.4) is 0 Å². The van der Waals surface area contributed by atoms with Crippen molar-refractivity contribution in [2.24, 2.45) is 5.10 Å². The number of benzene rings is 2. The van der Waals surface area contributed by atoms with Gasteiger partial charge in [0.05, 0.1) is 24.9 Å². The quantitative estimate of drug-likeness (QED) is 0.580. The van der Waals surface area contributed by atoms with Crippen molar-refractivity contribution in [1.82, 2.24) is 5.43 Å². The van der Waals surface area contributed by atoms with Crippen molar-refractivity contribution in [2.45, 2.75) is 0 Å². The molecule has 0 saturated heterocycles. The fraction of sp³-hybridized carbons (Fsp3) is 0.176. The molecule has 0 bridgehead atoms. The van der Waals surface area contributed by atoms with Crippen molar-refractivity contribution >= 4 is 28.1 Å². The van der Waals surface area contributed by atoms with E-state index in [1.165, 1.54) is 6.21 Å². The standard InChI is InChI=1S/C17H17BrN2O4/c1-22-15-8-7-12(9-16(15)23-2)10-19-20-17(21)11-24-14-6-4-3-5-13(14)18/h3-10H,11H2,1-2H3,(H,20,21)/b19-10+.